The molecule has 3 aromatic rings. The van der Waals surface area contributed by atoms with Gasteiger partial charge in [0.1, 0.15) is 6.07 Å². The molecule has 2 heterocycles. The summed E-state index contributed by atoms with van der Waals surface area (Å²) in [7, 11) is 1.47. The van der Waals surface area contributed by atoms with E-state index in [0.29, 0.717) is 22.8 Å². The van der Waals surface area contributed by atoms with E-state index in [4.69, 9.17) is 4.74 Å². The molecule has 3 rings (SSSR count). The number of imidazole rings is 1. The zero-order valence-corrected chi connectivity index (χ0v) is 11.7. The fraction of sp³-hybridized carbons (Fsp3) is 0.0625. The fourth-order valence-electron chi connectivity index (χ4n) is 2.08. The normalized spacial score (nSPS) is 11.4. The van der Waals surface area contributed by atoms with Gasteiger partial charge in [-0.15, -0.1) is 0 Å². The van der Waals surface area contributed by atoms with Crippen LogP contribution in [0.25, 0.3) is 22.8 Å². The van der Waals surface area contributed by atoms with Crippen LogP contribution in [0.3, 0.4) is 0 Å². The fourth-order valence-corrected chi connectivity index (χ4v) is 2.08. The molecule has 0 bridgehead atoms. The predicted octanol–water partition coefficient (Wildman–Crippen LogP) is 2.74. The molecule has 108 valence electrons. The maximum absolute atomic E-state index is 9.60. The van der Waals surface area contributed by atoms with Gasteiger partial charge in [-0.3, -0.25) is 0 Å². The number of benzene rings is 1. The van der Waals surface area contributed by atoms with E-state index in [-0.39, 0.29) is 5.75 Å². The zero-order valence-electron chi connectivity index (χ0n) is 11.7. The maximum atomic E-state index is 9.60. The maximum Gasteiger partial charge on any atom is 0.178 e. The summed E-state index contributed by atoms with van der Waals surface area (Å²) in [6.07, 6.45) is 3.31. The number of allylic oxidation sites excluding steroid dienone is 1. The van der Waals surface area contributed by atoms with E-state index in [0.717, 1.165) is 11.1 Å². The Hall–Kier alpha value is -3.33. The number of nitriles is 1. The van der Waals surface area contributed by atoms with E-state index in [1.54, 1.807) is 30.5 Å². The summed E-state index contributed by atoms with van der Waals surface area (Å²) in [5.41, 5.74) is 2.41. The first-order valence-corrected chi connectivity index (χ1v) is 6.51. The van der Waals surface area contributed by atoms with E-state index in [9.17, 15) is 10.4 Å². The minimum atomic E-state index is 0.0473. The van der Waals surface area contributed by atoms with E-state index < -0.39 is 0 Å². The molecule has 0 amide bonds. The Balaban J connectivity index is 2.05. The smallest absolute Gasteiger partial charge is 0.178 e. The van der Waals surface area contributed by atoms with Crippen LogP contribution in [0.4, 0.5) is 0 Å². The van der Waals surface area contributed by atoms with Crippen molar-refractivity contribution in [1.29, 1.82) is 5.26 Å². The van der Waals surface area contributed by atoms with Crippen molar-refractivity contribution in [2.24, 2.45) is 0 Å². The second kappa shape index (κ2) is 5.58. The van der Waals surface area contributed by atoms with Crippen LogP contribution in [-0.2, 0) is 0 Å². The molecule has 0 radical (unpaired) electrons. The first-order valence-electron chi connectivity index (χ1n) is 6.51. The third-order valence-corrected chi connectivity index (χ3v) is 3.15. The molecule has 0 aliphatic carbocycles. The van der Waals surface area contributed by atoms with Crippen molar-refractivity contribution in [3.8, 4) is 17.6 Å². The van der Waals surface area contributed by atoms with E-state index in [1.165, 1.54) is 13.2 Å². The lowest BCUT2D eigenvalue weighted by Gasteiger charge is -2.04. The number of H-pyrrole nitrogens is 1. The Labute approximate surface area is 126 Å². The van der Waals surface area contributed by atoms with E-state index in [1.807, 2.05) is 6.07 Å². The zero-order chi connectivity index (χ0) is 15.5. The summed E-state index contributed by atoms with van der Waals surface area (Å²) in [5, 5.41) is 19.0. The number of fused-ring (bicyclic) bond motifs is 1. The SMILES string of the molecule is COc1cc(/C=C(\C#N)c2nc3ncccc3[nH]2)ccc1O. The molecule has 2 N–H and O–H groups in total. The molecule has 0 saturated carbocycles. The molecular formula is C16H12N4O2. The summed E-state index contributed by atoms with van der Waals surface area (Å²) in [6.45, 7) is 0. The molecule has 0 aliphatic heterocycles. The molecule has 6 nitrogen and oxygen atoms in total. The highest BCUT2D eigenvalue weighted by Crippen LogP contribution is 2.28. The summed E-state index contributed by atoms with van der Waals surface area (Å²) in [5.74, 6) is 0.839. The predicted molar refractivity (Wildman–Crippen MR) is 82.0 cm³/mol. The third kappa shape index (κ3) is 2.47. The van der Waals surface area contributed by atoms with Gasteiger partial charge in [0.25, 0.3) is 0 Å². The quantitative estimate of drug-likeness (QED) is 0.724. The molecule has 1 aromatic carbocycles. The number of aromatic hydroxyl groups is 1. The molecule has 0 atom stereocenters. The number of phenolic OH excluding ortho intramolecular Hbond substituents is 1. The Morgan fingerprint density at radius 1 is 1.41 bits per heavy atom. The molecule has 0 saturated heterocycles. The lowest BCUT2D eigenvalue weighted by molar-refractivity contribution is 0.373. The number of nitrogens with zero attached hydrogens (tertiary/aromatic N) is 3. The van der Waals surface area contributed by atoms with Crippen LogP contribution in [0.1, 0.15) is 11.4 Å². The molecule has 0 unspecified atom stereocenters. The Kier molecular flexibility index (Phi) is 3.46. The second-order valence-corrected chi connectivity index (χ2v) is 4.56. The molecule has 0 fully saturated rings. The Bertz CT molecular complexity index is 873. The van der Waals surface area contributed by atoms with Crippen LogP contribution in [0.2, 0.25) is 0 Å². The van der Waals surface area contributed by atoms with Crippen LogP contribution in [0.15, 0.2) is 36.5 Å². The second-order valence-electron chi connectivity index (χ2n) is 4.56. The van der Waals surface area contributed by atoms with Crippen molar-refractivity contribution in [1.82, 2.24) is 15.0 Å². The largest absolute Gasteiger partial charge is 0.504 e. The number of hydrogen-bond donors (Lipinski definition) is 2. The van der Waals surface area contributed by atoms with Crippen molar-refractivity contribution in [2.45, 2.75) is 0 Å². The van der Waals surface area contributed by atoms with Crippen LogP contribution in [-0.4, -0.2) is 27.2 Å². The van der Waals surface area contributed by atoms with Crippen LogP contribution >= 0.6 is 0 Å². The Morgan fingerprint density at radius 3 is 3.00 bits per heavy atom. The average molecular weight is 292 g/mol. The number of aromatic amines is 1. The summed E-state index contributed by atoms with van der Waals surface area (Å²) in [4.78, 5) is 11.5. The average Bonchev–Trinajstić information content (AvgIpc) is 2.97. The van der Waals surface area contributed by atoms with Gasteiger partial charge in [-0.2, -0.15) is 5.26 Å². The van der Waals surface area contributed by atoms with Crippen molar-refractivity contribution in [3.63, 3.8) is 0 Å². The minimum Gasteiger partial charge on any atom is -0.504 e. The molecule has 22 heavy (non-hydrogen) atoms. The topological polar surface area (TPSA) is 94.8 Å². The summed E-state index contributed by atoms with van der Waals surface area (Å²) in [6, 6.07) is 10.6. The highest BCUT2D eigenvalue weighted by molar-refractivity contribution is 5.89. The van der Waals surface area contributed by atoms with Crippen LogP contribution < -0.4 is 4.74 Å². The molecule has 0 spiro atoms. The number of phenols is 1. The number of methoxy groups -OCH3 is 1. The van der Waals surface area contributed by atoms with Gasteiger partial charge in [-0.25, -0.2) is 9.97 Å². The first-order chi connectivity index (χ1) is 10.7. The van der Waals surface area contributed by atoms with Crippen molar-refractivity contribution in [2.75, 3.05) is 7.11 Å². The van der Waals surface area contributed by atoms with Gasteiger partial charge in [0.05, 0.1) is 18.2 Å². The molecular weight excluding hydrogens is 280 g/mol. The van der Waals surface area contributed by atoms with Gasteiger partial charge >= 0.3 is 0 Å². The van der Waals surface area contributed by atoms with Gasteiger partial charge < -0.3 is 14.8 Å². The molecule has 2 aromatic heterocycles. The number of aromatic nitrogens is 3. The monoisotopic (exact) mass is 292 g/mol. The molecule has 6 heteroatoms. The number of ether oxygens (including phenoxy) is 1. The highest BCUT2D eigenvalue weighted by atomic mass is 16.5. The lowest BCUT2D eigenvalue weighted by Crippen LogP contribution is -1.87. The number of rotatable bonds is 3. The van der Waals surface area contributed by atoms with Gasteiger partial charge in [-0.05, 0) is 35.9 Å². The standard InChI is InChI=1S/C16H12N4O2/c1-22-14-8-10(4-5-13(14)21)7-11(9-17)15-19-12-3-2-6-18-16(12)20-15/h2-8,21H,1H3,(H,18,19,20)/b11-7+. The van der Waals surface area contributed by atoms with Crippen molar-refractivity contribution < 1.29 is 9.84 Å². The van der Waals surface area contributed by atoms with Gasteiger partial charge in [-0.1, -0.05) is 6.07 Å². The minimum absolute atomic E-state index is 0.0473. The van der Waals surface area contributed by atoms with Crippen molar-refractivity contribution >= 4 is 22.8 Å². The van der Waals surface area contributed by atoms with Crippen LogP contribution in [0, 0.1) is 11.3 Å². The van der Waals surface area contributed by atoms with Gasteiger partial charge in [0.2, 0.25) is 0 Å². The van der Waals surface area contributed by atoms with Crippen molar-refractivity contribution in [3.05, 3.63) is 47.9 Å². The third-order valence-electron chi connectivity index (χ3n) is 3.15. The molecule has 0 aliphatic rings. The van der Waals surface area contributed by atoms with E-state index in [2.05, 4.69) is 21.0 Å². The van der Waals surface area contributed by atoms with Gasteiger partial charge in [0.15, 0.2) is 23.0 Å². The summed E-state index contributed by atoms with van der Waals surface area (Å²) >= 11 is 0. The first kappa shape index (κ1) is 13.6. The summed E-state index contributed by atoms with van der Waals surface area (Å²) < 4.78 is 5.06. The number of nitrogens with one attached hydrogen (secondary N) is 1. The van der Waals surface area contributed by atoms with Gasteiger partial charge in [0, 0.05) is 6.20 Å². The number of pyridine rings is 1. The number of hydrogen-bond acceptors (Lipinski definition) is 5. The lowest BCUT2D eigenvalue weighted by atomic mass is 10.1. The van der Waals surface area contributed by atoms with E-state index >= 15 is 0 Å². The van der Waals surface area contributed by atoms with Crippen LogP contribution in [0.5, 0.6) is 11.5 Å². The Morgan fingerprint density at radius 2 is 2.27 bits per heavy atom. The highest BCUT2D eigenvalue weighted by Gasteiger charge is 2.09.